The van der Waals surface area contributed by atoms with E-state index < -0.39 is 97.5 Å². The van der Waals surface area contributed by atoms with Crippen LogP contribution in [-0.4, -0.2) is 96.7 Å². The normalized spacial score (nSPS) is 14.5. The number of rotatable bonds is 81. The van der Waals surface area contributed by atoms with Gasteiger partial charge in [-0.2, -0.15) is 0 Å². The minimum absolute atomic E-state index is 0.107. The van der Waals surface area contributed by atoms with Crippen molar-refractivity contribution in [3.8, 4) is 0 Å². The Morgan fingerprint density at radius 1 is 0.272 bits per heavy atom. The van der Waals surface area contributed by atoms with Gasteiger partial charge in [0, 0.05) is 25.7 Å². The second-order valence-corrected chi connectivity index (χ2v) is 34.6. The molecule has 0 bridgehead atoms. The van der Waals surface area contributed by atoms with E-state index in [4.69, 9.17) is 37.0 Å². The summed E-state index contributed by atoms with van der Waals surface area (Å²) in [6.45, 7) is 14.3. The minimum atomic E-state index is -4.96. The van der Waals surface area contributed by atoms with Gasteiger partial charge in [0.05, 0.1) is 26.4 Å². The highest BCUT2D eigenvalue weighted by molar-refractivity contribution is 7.47. The summed E-state index contributed by atoms with van der Waals surface area (Å²) >= 11 is 0. The van der Waals surface area contributed by atoms with Crippen molar-refractivity contribution in [3.05, 3.63) is 0 Å². The highest BCUT2D eigenvalue weighted by Gasteiger charge is 2.30. The molecule has 0 heterocycles. The smallest absolute Gasteiger partial charge is 0.462 e. The fourth-order valence-electron chi connectivity index (χ4n) is 12.9. The zero-order valence-corrected chi connectivity index (χ0v) is 69.7. The molecular formula is C84H164O17P2. The number of esters is 4. The predicted molar refractivity (Wildman–Crippen MR) is 423 cm³/mol. The van der Waals surface area contributed by atoms with Gasteiger partial charge in [-0.25, -0.2) is 9.13 Å². The highest BCUT2D eigenvalue weighted by atomic mass is 31.2. The van der Waals surface area contributed by atoms with Crippen molar-refractivity contribution >= 4 is 39.5 Å². The molecule has 0 aromatic carbocycles. The van der Waals surface area contributed by atoms with Crippen LogP contribution in [0.4, 0.5) is 0 Å². The molecule has 0 aromatic rings. The Hall–Kier alpha value is -1.94. The van der Waals surface area contributed by atoms with Crippen molar-refractivity contribution in [3.63, 3.8) is 0 Å². The average molecular weight is 1510 g/mol. The molecule has 7 atom stereocenters. The number of aliphatic hydroxyl groups excluding tert-OH is 1. The first-order valence-corrected chi connectivity index (χ1v) is 46.3. The number of aliphatic hydroxyl groups is 1. The molecule has 17 nitrogen and oxygen atoms in total. The van der Waals surface area contributed by atoms with Crippen LogP contribution in [0.15, 0.2) is 0 Å². The third-order valence-corrected chi connectivity index (χ3v) is 22.2. The lowest BCUT2D eigenvalue weighted by molar-refractivity contribution is -0.161. The van der Waals surface area contributed by atoms with Gasteiger partial charge >= 0.3 is 39.5 Å². The van der Waals surface area contributed by atoms with E-state index in [9.17, 15) is 43.2 Å². The molecule has 103 heavy (non-hydrogen) atoms. The molecule has 0 saturated heterocycles. The van der Waals surface area contributed by atoms with E-state index in [1.54, 1.807) is 0 Å². The molecule has 0 amide bonds. The van der Waals surface area contributed by atoms with E-state index in [1.807, 2.05) is 0 Å². The average Bonchev–Trinajstić information content (AvgIpc) is 0.921. The van der Waals surface area contributed by atoms with Gasteiger partial charge in [0.2, 0.25) is 0 Å². The molecule has 0 aliphatic rings. The molecule has 0 aromatic heterocycles. The number of phosphoric ester groups is 2. The summed E-state index contributed by atoms with van der Waals surface area (Å²) in [5.41, 5.74) is 0. The van der Waals surface area contributed by atoms with Crippen LogP contribution in [0.1, 0.15) is 434 Å². The van der Waals surface area contributed by atoms with E-state index in [1.165, 1.54) is 231 Å². The van der Waals surface area contributed by atoms with Crippen molar-refractivity contribution in [1.29, 1.82) is 0 Å². The molecule has 0 radical (unpaired) electrons. The topological polar surface area (TPSA) is 237 Å². The van der Waals surface area contributed by atoms with E-state index >= 15 is 0 Å². The summed E-state index contributed by atoms with van der Waals surface area (Å²) in [7, 11) is -9.93. The second kappa shape index (κ2) is 72.9. The molecule has 0 rings (SSSR count). The first kappa shape index (κ1) is 101. The van der Waals surface area contributed by atoms with Gasteiger partial charge in [-0.05, 0) is 49.4 Å². The van der Waals surface area contributed by atoms with Gasteiger partial charge in [-0.3, -0.25) is 37.3 Å². The zero-order valence-electron chi connectivity index (χ0n) is 68.0. The molecule has 3 N–H and O–H groups in total. The van der Waals surface area contributed by atoms with Crippen LogP contribution in [0.25, 0.3) is 0 Å². The molecular weight excluding hydrogens is 1340 g/mol. The molecule has 612 valence electrons. The van der Waals surface area contributed by atoms with E-state index in [-0.39, 0.29) is 25.7 Å². The first-order valence-electron chi connectivity index (χ1n) is 43.3. The van der Waals surface area contributed by atoms with Crippen LogP contribution < -0.4 is 0 Å². The second-order valence-electron chi connectivity index (χ2n) is 31.7. The van der Waals surface area contributed by atoms with E-state index in [0.29, 0.717) is 31.6 Å². The van der Waals surface area contributed by atoms with Gasteiger partial charge in [0.15, 0.2) is 12.2 Å². The first-order chi connectivity index (χ1) is 49.7. The third-order valence-electron chi connectivity index (χ3n) is 20.3. The van der Waals surface area contributed by atoms with E-state index in [0.717, 1.165) is 114 Å². The molecule has 4 unspecified atom stereocenters. The maximum absolute atomic E-state index is 13.1. The lowest BCUT2D eigenvalue weighted by atomic mass is 9.99. The number of carbonyl (C=O) groups excluding carboxylic acids is 4. The zero-order chi connectivity index (χ0) is 76.0. The lowest BCUT2D eigenvalue weighted by Gasteiger charge is -2.21. The molecule has 19 heteroatoms. The minimum Gasteiger partial charge on any atom is -0.462 e. The summed E-state index contributed by atoms with van der Waals surface area (Å²) in [6.07, 6.45) is 61.2. The largest absolute Gasteiger partial charge is 0.472 e. The number of hydrogen-bond donors (Lipinski definition) is 3. The Kier molecular flexibility index (Phi) is 71.5. The van der Waals surface area contributed by atoms with Crippen molar-refractivity contribution in [2.75, 3.05) is 39.6 Å². The molecule has 0 spiro atoms. The van der Waals surface area contributed by atoms with Gasteiger partial charge in [-0.15, -0.1) is 0 Å². The SMILES string of the molecule is CCC(C)CCCCCCCCCCCCCCCCCCCCC(=O)O[C@H](COC(=O)CCCCCCCCC(C)C)COP(=O)(O)OC[C@H](O)COP(=O)(O)OC[C@@H](COC(=O)CCCCCCCCCCCCCC(C)C)OC(=O)CCCCCCCCCCCCCCCCC(C)CC. The van der Waals surface area contributed by atoms with E-state index in [2.05, 4.69) is 55.4 Å². The Morgan fingerprint density at radius 2 is 0.466 bits per heavy atom. The number of carbonyl (C=O) groups is 4. The van der Waals surface area contributed by atoms with Crippen molar-refractivity contribution in [2.24, 2.45) is 23.7 Å². The summed E-state index contributed by atoms with van der Waals surface area (Å²) in [4.78, 5) is 73.1. The van der Waals surface area contributed by atoms with Crippen LogP contribution in [0.2, 0.25) is 0 Å². The summed E-state index contributed by atoms with van der Waals surface area (Å²) in [5.74, 6) is 1.05. The monoisotopic (exact) mass is 1510 g/mol. The van der Waals surface area contributed by atoms with Crippen molar-refractivity contribution in [1.82, 2.24) is 0 Å². The van der Waals surface area contributed by atoms with Crippen LogP contribution in [0.5, 0.6) is 0 Å². The van der Waals surface area contributed by atoms with Crippen LogP contribution >= 0.6 is 15.6 Å². The fourth-order valence-corrected chi connectivity index (χ4v) is 14.5. The summed E-state index contributed by atoms with van der Waals surface area (Å²) in [5, 5.41) is 10.7. The Morgan fingerprint density at radius 3 is 0.689 bits per heavy atom. The van der Waals surface area contributed by atoms with Crippen LogP contribution in [0, 0.1) is 23.7 Å². The number of unbranched alkanes of at least 4 members (excludes halogenated alkanes) is 45. The third kappa shape index (κ3) is 75.3. The van der Waals surface area contributed by atoms with Crippen LogP contribution in [0.3, 0.4) is 0 Å². The highest BCUT2D eigenvalue weighted by Crippen LogP contribution is 2.45. The van der Waals surface area contributed by atoms with Crippen LogP contribution in [-0.2, 0) is 65.4 Å². The van der Waals surface area contributed by atoms with Crippen molar-refractivity contribution < 1.29 is 80.2 Å². The van der Waals surface area contributed by atoms with Gasteiger partial charge < -0.3 is 33.8 Å². The number of ether oxygens (including phenoxy) is 4. The standard InChI is InChI=1S/C84H164O17P2/c1-9-76(7)62-54-46-37-31-25-19-15-13-11-12-14-16-21-27-34-40-50-58-67-84(89)101-80(71-95-82(87)65-57-49-43-42-45-53-61-75(5)6)73-99-103(92,93)97-69-78(85)68-96-102(90,91)98-72-79(70-94-81(86)64-56-48-39-33-29-23-24-30-36-44-52-60-74(3)4)100-83(88)66-59-51-41-35-28-22-18-17-20-26-32-38-47-55-63-77(8)10-2/h74-80,85H,9-73H2,1-8H3,(H,90,91)(H,92,93)/t76?,77?,78-,79-,80-/m1/s1. The van der Waals surface area contributed by atoms with Gasteiger partial charge in [0.25, 0.3) is 0 Å². The maximum atomic E-state index is 13.1. The number of phosphoric acid groups is 2. The number of hydrogen-bond acceptors (Lipinski definition) is 15. The molecule has 0 aliphatic carbocycles. The Bertz CT molecular complexity index is 2010. The molecule has 0 aliphatic heterocycles. The van der Waals surface area contributed by atoms with Crippen molar-refractivity contribution in [2.45, 2.75) is 453 Å². The maximum Gasteiger partial charge on any atom is 0.472 e. The molecule has 0 fully saturated rings. The van der Waals surface area contributed by atoms with Gasteiger partial charge in [-0.1, -0.05) is 383 Å². The quantitative estimate of drug-likeness (QED) is 0.0222. The Labute approximate surface area is 632 Å². The predicted octanol–water partition coefficient (Wildman–Crippen LogP) is 25.2. The van der Waals surface area contributed by atoms with Gasteiger partial charge in [0.1, 0.15) is 19.3 Å². The molecule has 0 saturated carbocycles. The lowest BCUT2D eigenvalue weighted by Crippen LogP contribution is -2.30. The summed E-state index contributed by atoms with van der Waals surface area (Å²) < 4.78 is 68.8. The Balaban J connectivity index is 5.18. The fraction of sp³-hybridized carbons (Fsp3) is 0.952. The summed E-state index contributed by atoms with van der Waals surface area (Å²) in [6, 6.07) is 0.